The average molecular weight is 535 g/mol. The minimum Gasteiger partial charge on any atom is -0.493 e. The molecule has 0 bridgehead atoms. The first-order valence-corrected chi connectivity index (χ1v) is 12.5. The molecule has 0 spiro atoms. The molecular formula is C27H22N2O6S2. The van der Waals surface area contributed by atoms with E-state index >= 15 is 0 Å². The van der Waals surface area contributed by atoms with Gasteiger partial charge in [0.2, 0.25) is 6.79 Å². The van der Waals surface area contributed by atoms with Crippen LogP contribution in [0.2, 0.25) is 0 Å². The number of nitrogens with one attached hydrogen (secondary N) is 1. The summed E-state index contributed by atoms with van der Waals surface area (Å²) in [6.45, 7) is 1.94. The number of benzene rings is 3. The van der Waals surface area contributed by atoms with Gasteiger partial charge in [-0.15, -0.1) is 0 Å². The zero-order chi connectivity index (χ0) is 25.9. The van der Waals surface area contributed by atoms with Gasteiger partial charge in [-0.2, -0.15) is 0 Å². The number of hydrogen-bond acceptors (Lipinski definition) is 8. The summed E-state index contributed by atoms with van der Waals surface area (Å²) >= 11 is 6.68. The number of fused-ring (bicyclic) bond motifs is 1. The molecular weight excluding hydrogens is 512 g/mol. The molecule has 1 fully saturated rings. The number of carbonyl (C=O) groups excluding carboxylic acids is 2. The van der Waals surface area contributed by atoms with Gasteiger partial charge < -0.3 is 24.3 Å². The van der Waals surface area contributed by atoms with Gasteiger partial charge in [0.05, 0.1) is 17.7 Å². The van der Waals surface area contributed by atoms with Crippen LogP contribution in [0.15, 0.2) is 65.6 Å². The van der Waals surface area contributed by atoms with Crippen molar-refractivity contribution >= 4 is 57.6 Å². The Labute approximate surface area is 223 Å². The summed E-state index contributed by atoms with van der Waals surface area (Å²) in [6, 6.07) is 18.0. The van der Waals surface area contributed by atoms with Crippen LogP contribution >= 0.6 is 24.0 Å². The third kappa shape index (κ3) is 5.40. The number of thiocarbonyl (C=S) groups is 1. The van der Waals surface area contributed by atoms with Crippen LogP contribution in [0.5, 0.6) is 23.0 Å². The van der Waals surface area contributed by atoms with E-state index in [1.165, 1.54) is 23.8 Å². The van der Waals surface area contributed by atoms with Crippen molar-refractivity contribution in [2.24, 2.45) is 0 Å². The number of amides is 2. The van der Waals surface area contributed by atoms with E-state index in [9.17, 15) is 9.59 Å². The van der Waals surface area contributed by atoms with E-state index in [1.807, 2.05) is 31.2 Å². The summed E-state index contributed by atoms with van der Waals surface area (Å²) in [5, 5.41) is 2.79. The van der Waals surface area contributed by atoms with Crippen LogP contribution in [0.3, 0.4) is 0 Å². The predicted molar refractivity (Wildman–Crippen MR) is 147 cm³/mol. The molecule has 1 saturated heterocycles. The van der Waals surface area contributed by atoms with Crippen LogP contribution in [0, 0.1) is 6.92 Å². The maximum atomic E-state index is 13.2. The van der Waals surface area contributed by atoms with Crippen LogP contribution in [0.1, 0.15) is 11.1 Å². The quantitative estimate of drug-likeness (QED) is 0.329. The van der Waals surface area contributed by atoms with Crippen LogP contribution in [-0.4, -0.2) is 36.6 Å². The molecule has 188 valence electrons. The van der Waals surface area contributed by atoms with Gasteiger partial charge in [-0.05, 0) is 55.0 Å². The molecule has 0 aromatic heterocycles. The van der Waals surface area contributed by atoms with Crippen LogP contribution < -0.4 is 29.2 Å². The second-order valence-corrected chi connectivity index (χ2v) is 9.84. The molecule has 0 unspecified atom stereocenters. The molecule has 2 aliphatic heterocycles. The molecule has 1 N–H and O–H groups in total. The molecule has 5 rings (SSSR count). The second-order valence-electron chi connectivity index (χ2n) is 8.17. The molecule has 3 aromatic carbocycles. The lowest BCUT2D eigenvalue weighted by Crippen LogP contribution is -2.27. The summed E-state index contributed by atoms with van der Waals surface area (Å²) in [7, 11) is 1.51. The number of carbonyl (C=O) groups is 2. The Morgan fingerprint density at radius 2 is 1.86 bits per heavy atom. The Bertz CT molecular complexity index is 1420. The third-order valence-electron chi connectivity index (χ3n) is 5.59. The van der Waals surface area contributed by atoms with E-state index in [1.54, 1.807) is 42.5 Å². The highest BCUT2D eigenvalue weighted by Crippen LogP contribution is 2.41. The summed E-state index contributed by atoms with van der Waals surface area (Å²) in [4.78, 5) is 27.4. The molecule has 3 aromatic rings. The van der Waals surface area contributed by atoms with Gasteiger partial charge in [-0.3, -0.25) is 14.5 Å². The highest BCUT2D eigenvalue weighted by atomic mass is 32.2. The van der Waals surface area contributed by atoms with Crippen LogP contribution in [-0.2, 0) is 9.59 Å². The average Bonchev–Trinajstić information content (AvgIpc) is 3.47. The fourth-order valence-corrected chi connectivity index (χ4v) is 5.04. The maximum absolute atomic E-state index is 13.2. The van der Waals surface area contributed by atoms with E-state index < -0.39 is 0 Å². The zero-order valence-electron chi connectivity index (χ0n) is 20.0. The van der Waals surface area contributed by atoms with E-state index in [4.69, 9.17) is 31.2 Å². The number of thioether (sulfide) groups is 1. The van der Waals surface area contributed by atoms with Crippen molar-refractivity contribution in [1.82, 2.24) is 0 Å². The highest BCUT2D eigenvalue weighted by Gasteiger charge is 2.34. The topological polar surface area (TPSA) is 86.3 Å². The lowest BCUT2D eigenvalue weighted by molar-refractivity contribution is -0.118. The van der Waals surface area contributed by atoms with Crippen molar-refractivity contribution in [2.45, 2.75) is 6.92 Å². The first-order valence-electron chi connectivity index (χ1n) is 11.3. The van der Waals surface area contributed by atoms with E-state index in [0.29, 0.717) is 43.6 Å². The standard InChI is InChI=1S/C27H22N2O6S2/c1-16-3-6-18(7-4-16)28-25(30)14-33-20-9-5-17(11-22(20)32-2)12-24-26(31)29(27(36)37-24)19-8-10-21-23(13-19)35-15-34-21/h3-13H,14-15H2,1-2H3,(H,28,30)/b24-12+. The van der Waals surface area contributed by atoms with Crippen molar-refractivity contribution in [1.29, 1.82) is 0 Å². The summed E-state index contributed by atoms with van der Waals surface area (Å²) < 4.78 is 22.3. The summed E-state index contributed by atoms with van der Waals surface area (Å²) in [6.07, 6.45) is 1.74. The Balaban J connectivity index is 1.27. The molecule has 10 heteroatoms. The molecule has 0 saturated carbocycles. The predicted octanol–water partition coefficient (Wildman–Crippen LogP) is 5.16. The first kappa shape index (κ1) is 24.7. The van der Waals surface area contributed by atoms with Gasteiger partial charge in [0.15, 0.2) is 33.9 Å². The highest BCUT2D eigenvalue weighted by molar-refractivity contribution is 8.27. The van der Waals surface area contributed by atoms with Crippen LogP contribution in [0.4, 0.5) is 11.4 Å². The second kappa shape index (κ2) is 10.5. The fourth-order valence-electron chi connectivity index (χ4n) is 3.74. The normalized spacial score (nSPS) is 15.3. The monoisotopic (exact) mass is 534 g/mol. The number of aryl methyl sites for hydroxylation is 1. The summed E-state index contributed by atoms with van der Waals surface area (Å²) in [5.41, 5.74) is 3.13. The van der Waals surface area contributed by atoms with Gasteiger partial charge in [0, 0.05) is 11.8 Å². The van der Waals surface area contributed by atoms with Crippen molar-refractivity contribution < 1.29 is 28.5 Å². The number of ether oxygens (including phenoxy) is 4. The SMILES string of the molecule is COc1cc(/C=C2/SC(=S)N(c3ccc4c(c3)OCO4)C2=O)ccc1OCC(=O)Nc1ccc(C)cc1. The smallest absolute Gasteiger partial charge is 0.270 e. The molecule has 37 heavy (non-hydrogen) atoms. The van der Waals surface area contributed by atoms with E-state index in [2.05, 4.69) is 5.32 Å². The largest absolute Gasteiger partial charge is 0.493 e. The molecule has 2 heterocycles. The lowest BCUT2D eigenvalue weighted by atomic mass is 10.1. The van der Waals surface area contributed by atoms with Crippen molar-refractivity contribution in [3.8, 4) is 23.0 Å². The Kier molecular flexibility index (Phi) is 7.02. The van der Waals surface area contributed by atoms with E-state index in [-0.39, 0.29) is 25.2 Å². The number of nitrogens with zero attached hydrogens (tertiary/aromatic N) is 1. The third-order valence-corrected chi connectivity index (χ3v) is 6.89. The number of methoxy groups -OCH3 is 1. The van der Waals surface area contributed by atoms with Crippen molar-refractivity contribution in [3.63, 3.8) is 0 Å². The van der Waals surface area contributed by atoms with Gasteiger partial charge >= 0.3 is 0 Å². The molecule has 2 aliphatic rings. The number of rotatable bonds is 7. The molecule has 0 radical (unpaired) electrons. The van der Waals surface area contributed by atoms with Gasteiger partial charge in [0.25, 0.3) is 11.8 Å². The summed E-state index contributed by atoms with van der Waals surface area (Å²) in [5.74, 6) is 1.52. The van der Waals surface area contributed by atoms with Gasteiger partial charge in [-0.1, -0.05) is 47.7 Å². The Hall–Kier alpha value is -4.02. The van der Waals surface area contributed by atoms with Gasteiger partial charge in [-0.25, -0.2) is 0 Å². The lowest BCUT2D eigenvalue weighted by Gasteiger charge is -2.14. The minimum atomic E-state index is -0.290. The molecule has 0 aliphatic carbocycles. The molecule has 0 atom stereocenters. The minimum absolute atomic E-state index is 0.149. The Morgan fingerprint density at radius 3 is 2.65 bits per heavy atom. The molecule has 2 amide bonds. The van der Waals surface area contributed by atoms with Crippen LogP contribution in [0.25, 0.3) is 6.08 Å². The number of hydrogen-bond donors (Lipinski definition) is 1. The number of anilines is 2. The van der Waals surface area contributed by atoms with Gasteiger partial charge in [0.1, 0.15) is 0 Å². The van der Waals surface area contributed by atoms with Crippen molar-refractivity contribution in [3.05, 3.63) is 76.7 Å². The fraction of sp³-hybridized carbons (Fsp3) is 0.148. The van der Waals surface area contributed by atoms with E-state index in [0.717, 1.165) is 11.1 Å². The molecule has 8 nitrogen and oxygen atoms in total. The zero-order valence-corrected chi connectivity index (χ0v) is 21.6. The first-order chi connectivity index (χ1) is 17.9. The Morgan fingerprint density at radius 1 is 1.08 bits per heavy atom. The maximum Gasteiger partial charge on any atom is 0.270 e. The van der Waals surface area contributed by atoms with Crippen molar-refractivity contribution in [2.75, 3.05) is 30.7 Å².